The number of fused-ring (bicyclic) bond motifs is 1. The summed E-state index contributed by atoms with van der Waals surface area (Å²) >= 11 is 0. The molecular weight excluding hydrogens is 226 g/mol. The lowest BCUT2D eigenvalue weighted by molar-refractivity contribution is -0.147. The maximum absolute atomic E-state index is 11.1. The van der Waals surface area contributed by atoms with Crippen LogP contribution in [0.2, 0.25) is 0 Å². The summed E-state index contributed by atoms with van der Waals surface area (Å²) in [5.74, 6) is -0.720. The third-order valence-corrected chi connectivity index (χ3v) is 3.91. The largest absolute Gasteiger partial charge is 0.481 e. The summed E-state index contributed by atoms with van der Waals surface area (Å²) in [4.78, 5) is 13.5. The molecular formula is C15H21NO2. The molecule has 18 heavy (non-hydrogen) atoms. The highest BCUT2D eigenvalue weighted by Gasteiger charge is 2.31. The Morgan fingerprint density at radius 1 is 1.44 bits per heavy atom. The normalized spacial score (nSPS) is 18.8. The van der Waals surface area contributed by atoms with Gasteiger partial charge in [0.15, 0.2) is 0 Å². The van der Waals surface area contributed by atoms with Crippen molar-refractivity contribution in [1.29, 1.82) is 0 Å². The summed E-state index contributed by atoms with van der Waals surface area (Å²) in [6, 6.07) is 8.87. The van der Waals surface area contributed by atoms with Gasteiger partial charge in [-0.25, -0.2) is 0 Å². The Labute approximate surface area is 108 Å². The second-order valence-electron chi connectivity index (χ2n) is 5.81. The minimum absolute atomic E-state index is 0.465. The lowest BCUT2D eigenvalue weighted by Crippen LogP contribution is -2.35. The van der Waals surface area contributed by atoms with Crippen LogP contribution in [-0.4, -0.2) is 23.7 Å². The monoisotopic (exact) mass is 247 g/mol. The number of rotatable bonds is 4. The number of hydrogen-bond acceptors (Lipinski definition) is 2. The fraction of sp³-hybridized carbons (Fsp3) is 0.533. The van der Waals surface area contributed by atoms with Crippen LogP contribution in [0.5, 0.6) is 0 Å². The van der Waals surface area contributed by atoms with Gasteiger partial charge in [-0.3, -0.25) is 4.79 Å². The highest BCUT2D eigenvalue weighted by molar-refractivity contribution is 5.73. The predicted molar refractivity (Wildman–Crippen MR) is 73.0 cm³/mol. The molecule has 0 radical (unpaired) electrons. The molecule has 1 aromatic rings. The van der Waals surface area contributed by atoms with E-state index in [2.05, 4.69) is 30.0 Å². The fourth-order valence-electron chi connectivity index (χ4n) is 2.48. The van der Waals surface area contributed by atoms with Gasteiger partial charge >= 0.3 is 5.97 Å². The van der Waals surface area contributed by atoms with Gasteiger partial charge in [0, 0.05) is 18.3 Å². The first-order valence-electron chi connectivity index (χ1n) is 6.50. The molecule has 1 aliphatic rings. The molecule has 0 aromatic heterocycles. The molecule has 1 aliphatic heterocycles. The van der Waals surface area contributed by atoms with E-state index >= 15 is 0 Å². The van der Waals surface area contributed by atoms with E-state index in [1.165, 1.54) is 11.3 Å². The smallest absolute Gasteiger partial charge is 0.309 e. The van der Waals surface area contributed by atoms with Crippen molar-refractivity contribution < 1.29 is 9.90 Å². The lowest BCUT2D eigenvalue weighted by atomic mass is 9.89. The van der Waals surface area contributed by atoms with Crippen LogP contribution in [0.25, 0.3) is 0 Å². The highest BCUT2D eigenvalue weighted by atomic mass is 16.4. The van der Waals surface area contributed by atoms with Crippen molar-refractivity contribution in [1.82, 2.24) is 0 Å². The van der Waals surface area contributed by atoms with Crippen LogP contribution < -0.4 is 4.90 Å². The maximum atomic E-state index is 11.1. The van der Waals surface area contributed by atoms with Crippen molar-refractivity contribution >= 4 is 11.7 Å². The number of carbonyl (C=O) groups is 1. The molecule has 1 aromatic carbocycles. The van der Waals surface area contributed by atoms with E-state index in [4.69, 9.17) is 5.11 Å². The molecule has 1 heterocycles. The SMILES string of the molecule is CC1Cc2ccccc2N1CCC(C)(C)C(=O)O. The van der Waals surface area contributed by atoms with Crippen LogP contribution >= 0.6 is 0 Å². The molecule has 1 N–H and O–H groups in total. The summed E-state index contributed by atoms with van der Waals surface area (Å²) in [6.45, 7) is 6.59. The molecule has 0 aliphatic carbocycles. The standard InChI is InChI=1S/C15H21NO2/c1-11-10-12-6-4-5-7-13(12)16(11)9-8-15(2,3)14(17)18/h4-7,11H,8-10H2,1-3H3,(H,17,18). The molecule has 0 saturated carbocycles. The summed E-state index contributed by atoms with van der Waals surface area (Å²) < 4.78 is 0. The quantitative estimate of drug-likeness (QED) is 0.889. The number of para-hydroxylation sites is 1. The van der Waals surface area contributed by atoms with Crippen molar-refractivity contribution in [2.75, 3.05) is 11.4 Å². The summed E-state index contributed by atoms with van der Waals surface area (Å²) in [5.41, 5.74) is 1.99. The van der Waals surface area contributed by atoms with Crippen molar-refractivity contribution in [2.24, 2.45) is 5.41 Å². The average Bonchev–Trinajstić information content (AvgIpc) is 2.62. The van der Waals surface area contributed by atoms with E-state index in [-0.39, 0.29) is 0 Å². The Hall–Kier alpha value is -1.51. The van der Waals surface area contributed by atoms with Crippen LogP contribution in [-0.2, 0) is 11.2 Å². The zero-order valence-corrected chi connectivity index (χ0v) is 11.3. The molecule has 3 heteroatoms. The maximum Gasteiger partial charge on any atom is 0.309 e. The number of carboxylic acids is 1. The Morgan fingerprint density at radius 2 is 2.11 bits per heavy atom. The van der Waals surface area contributed by atoms with Crippen LogP contribution in [0.3, 0.4) is 0 Å². The molecule has 0 amide bonds. The van der Waals surface area contributed by atoms with Gasteiger partial charge in [-0.2, -0.15) is 0 Å². The molecule has 98 valence electrons. The van der Waals surface area contributed by atoms with Gasteiger partial charge in [0.2, 0.25) is 0 Å². The van der Waals surface area contributed by atoms with Gasteiger partial charge in [0.25, 0.3) is 0 Å². The fourth-order valence-corrected chi connectivity index (χ4v) is 2.48. The molecule has 0 bridgehead atoms. The van der Waals surface area contributed by atoms with Crippen LogP contribution in [0.4, 0.5) is 5.69 Å². The van der Waals surface area contributed by atoms with Gasteiger partial charge in [0.1, 0.15) is 0 Å². The van der Waals surface area contributed by atoms with E-state index in [0.29, 0.717) is 12.5 Å². The second-order valence-corrected chi connectivity index (χ2v) is 5.81. The van der Waals surface area contributed by atoms with Crippen molar-refractivity contribution in [2.45, 2.75) is 39.7 Å². The first-order chi connectivity index (χ1) is 8.42. The van der Waals surface area contributed by atoms with Crippen molar-refractivity contribution in [3.05, 3.63) is 29.8 Å². The van der Waals surface area contributed by atoms with E-state index in [0.717, 1.165) is 13.0 Å². The van der Waals surface area contributed by atoms with Gasteiger partial charge in [0.05, 0.1) is 5.41 Å². The molecule has 0 fully saturated rings. The Bertz CT molecular complexity index is 454. The summed E-state index contributed by atoms with van der Waals surface area (Å²) in [6.07, 6.45) is 1.73. The van der Waals surface area contributed by atoms with E-state index in [1.807, 2.05) is 6.07 Å². The molecule has 0 spiro atoms. The Morgan fingerprint density at radius 3 is 2.78 bits per heavy atom. The minimum Gasteiger partial charge on any atom is -0.481 e. The lowest BCUT2D eigenvalue weighted by Gasteiger charge is -2.28. The van der Waals surface area contributed by atoms with E-state index < -0.39 is 11.4 Å². The number of aliphatic carboxylic acids is 1. The number of hydrogen-bond donors (Lipinski definition) is 1. The van der Waals surface area contributed by atoms with Gasteiger partial charge in [-0.15, -0.1) is 0 Å². The summed E-state index contributed by atoms with van der Waals surface area (Å²) in [7, 11) is 0. The van der Waals surface area contributed by atoms with Crippen LogP contribution in [0.1, 0.15) is 32.8 Å². The zero-order valence-electron chi connectivity index (χ0n) is 11.3. The van der Waals surface area contributed by atoms with Crippen LogP contribution in [0.15, 0.2) is 24.3 Å². The van der Waals surface area contributed by atoms with E-state index in [1.54, 1.807) is 13.8 Å². The number of anilines is 1. The first kappa shape index (κ1) is 12.9. The molecule has 1 unspecified atom stereocenters. The molecule has 2 rings (SSSR count). The number of carboxylic acid groups (broad SMARTS) is 1. The average molecular weight is 247 g/mol. The Kier molecular flexibility index (Phi) is 3.33. The van der Waals surface area contributed by atoms with Gasteiger partial charge in [-0.1, -0.05) is 18.2 Å². The number of nitrogens with zero attached hydrogens (tertiary/aromatic N) is 1. The first-order valence-corrected chi connectivity index (χ1v) is 6.50. The zero-order chi connectivity index (χ0) is 13.3. The van der Waals surface area contributed by atoms with E-state index in [9.17, 15) is 4.79 Å². The van der Waals surface area contributed by atoms with Gasteiger partial charge < -0.3 is 10.0 Å². The minimum atomic E-state index is -0.720. The molecule has 1 atom stereocenters. The third-order valence-electron chi connectivity index (χ3n) is 3.91. The molecule has 3 nitrogen and oxygen atoms in total. The van der Waals surface area contributed by atoms with Gasteiger partial charge in [-0.05, 0) is 45.2 Å². The summed E-state index contributed by atoms with van der Waals surface area (Å²) in [5, 5.41) is 9.16. The van der Waals surface area contributed by atoms with Crippen LogP contribution in [0, 0.1) is 5.41 Å². The Balaban J connectivity index is 2.09. The number of benzene rings is 1. The van der Waals surface area contributed by atoms with Crippen molar-refractivity contribution in [3.8, 4) is 0 Å². The topological polar surface area (TPSA) is 40.5 Å². The predicted octanol–water partition coefficient (Wildman–Crippen LogP) is 2.94. The van der Waals surface area contributed by atoms with Crippen molar-refractivity contribution in [3.63, 3.8) is 0 Å². The molecule has 0 saturated heterocycles. The highest BCUT2D eigenvalue weighted by Crippen LogP contribution is 2.33. The second kappa shape index (κ2) is 4.63. The third kappa shape index (κ3) is 2.35.